The van der Waals surface area contributed by atoms with E-state index in [2.05, 4.69) is 32.2 Å². The molecular formula is C13H21NO2S. The van der Waals surface area contributed by atoms with Gasteiger partial charge in [0.25, 0.3) is 0 Å². The highest BCUT2D eigenvalue weighted by molar-refractivity contribution is 7.12. The molecule has 1 aromatic heterocycles. The Hall–Kier alpha value is -0.870. The maximum absolute atomic E-state index is 11.8. The van der Waals surface area contributed by atoms with Gasteiger partial charge in [-0.1, -0.05) is 13.8 Å². The Balaban J connectivity index is 2.85. The molecule has 4 heteroatoms. The minimum Gasteiger partial charge on any atom is -0.468 e. The highest BCUT2D eigenvalue weighted by Gasteiger charge is 2.24. The molecule has 1 N–H and O–H groups in total. The van der Waals surface area contributed by atoms with E-state index in [-0.39, 0.29) is 12.0 Å². The Morgan fingerprint density at radius 2 is 2.18 bits per heavy atom. The molecule has 17 heavy (non-hydrogen) atoms. The molecule has 3 nitrogen and oxygen atoms in total. The highest BCUT2D eigenvalue weighted by atomic mass is 32.1. The second-order valence-corrected chi connectivity index (χ2v) is 5.29. The van der Waals surface area contributed by atoms with Gasteiger partial charge in [-0.3, -0.25) is 5.32 Å². The maximum Gasteiger partial charge on any atom is 0.328 e. The van der Waals surface area contributed by atoms with Crippen LogP contribution in [0.5, 0.6) is 0 Å². The summed E-state index contributed by atoms with van der Waals surface area (Å²) >= 11 is 1.67. The lowest BCUT2D eigenvalue weighted by molar-refractivity contribution is -0.143. The smallest absolute Gasteiger partial charge is 0.328 e. The van der Waals surface area contributed by atoms with Crippen LogP contribution < -0.4 is 5.32 Å². The number of hydrogen-bond donors (Lipinski definition) is 1. The van der Waals surface area contributed by atoms with Gasteiger partial charge in [0.1, 0.15) is 6.04 Å². The molecule has 0 spiro atoms. The molecule has 0 aliphatic heterocycles. The summed E-state index contributed by atoms with van der Waals surface area (Å²) in [6.45, 7) is 6.28. The molecule has 0 saturated heterocycles. The molecule has 1 heterocycles. The quantitative estimate of drug-likeness (QED) is 0.794. The van der Waals surface area contributed by atoms with Gasteiger partial charge in [-0.15, -0.1) is 11.3 Å². The van der Waals surface area contributed by atoms with E-state index in [9.17, 15) is 4.79 Å². The third-order valence-electron chi connectivity index (χ3n) is 2.82. The number of carbonyl (C=O) groups is 1. The van der Waals surface area contributed by atoms with Crippen LogP contribution >= 0.6 is 11.3 Å². The Morgan fingerprint density at radius 3 is 2.65 bits per heavy atom. The Bertz CT molecular complexity index is 362. The van der Waals surface area contributed by atoms with E-state index in [4.69, 9.17) is 4.74 Å². The second-order valence-electron chi connectivity index (χ2n) is 4.09. The average Bonchev–Trinajstić information content (AvgIpc) is 2.83. The molecule has 1 rings (SSSR count). The predicted molar refractivity (Wildman–Crippen MR) is 71.3 cm³/mol. The molecule has 2 unspecified atom stereocenters. The number of esters is 1. The topological polar surface area (TPSA) is 38.3 Å². The van der Waals surface area contributed by atoms with Crippen molar-refractivity contribution in [3.63, 3.8) is 0 Å². The van der Waals surface area contributed by atoms with Gasteiger partial charge < -0.3 is 4.74 Å². The van der Waals surface area contributed by atoms with Gasteiger partial charge in [0.05, 0.1) is 7.11 Å². The van der Waals surface area contributed by atoms with E-state index in [0.717, 1.165) is 17.7 Å². The number of thiophene rings is 1. The first-order chi connectivity index (χ1) is 8.12. The lowest BCUT2D eigenvalue weighted by Gasteiger charge is -2.19. The summed E-state index contributed by atoms with van der Waals surface area (Å²) in [5, 5.41) is 3.31. The van der Waals surface area contributed by atoms with Crippen LogP contribution in [0.4, 0.5) is 0 Å². The Morgan fingerprint density at radius 1 is 1.47 bits per heavy atom. The Labute approximate surface area is 107 Å². The van der Waals surface area contributed by atoms with E-state index in [1.54, 1.807) is 11.3 Å². The van der Waals surface area contributed by atoms with Crippen LogP contribution in [0.2, 0.25) is 0 Å². The van der Waals surface area contributed by atoms with Gasteiger partial charge >= 0.3 is 5.97 Å². The molecule has 0 saturated carbocycles. The number of hydrogen-bond acceptors (Lipinski definition) is 4. The van der Waals surface area contributed by atoms with Crippen molar-refractivity contribution in [1.29, 1.82) is 0 Å². The summed E-state index contributed by atoms with van der Waals surface area (Å²) in [6.07, 6.45) is 1.99. The number of carbonyl (C=O) groups excluding carboxylic acids is 1. The van der Waals surface area contributed by atoms with Crippen molar-refractivity contribution in [3.8, 4) is 0 Å². The van der Waals surface area contributed by atoms with Crippen molar-refractivity contribution < 1.29 is 9.53 Å². The fourth-order valence-corrected chi connectivity index (χ4v) is 2.53. The second kappa shape index (κ2) is 6.77. The highest BCUT2D eigenvalue weighted by Crippen LogP contribution is 2.25. The van der Waals surface area contributed by atoms with E-state index in [1.165, 1.54) is 12.0 Å². The van der Waals surface area contributed by atoms with E-state index >= 15 is 0 Å². The minimum absolute atomic E-state index is 0.213. The van der Waals surface area contributed by atoms with Crippen LogP contribution in [-0.4, -0.2) is 19.1 Å². The van der Waals surface area contributed by atoms with Crippen molar-refractivity contribution in [3.05, 3.63) is 21.9 Å². The van der Waals surface area contributed by atoms with Gasteiger partial charge in [-0.2, -0.15) is 0 Å². The van der Waals surface area contributed by atoms with Crippen molar-refractivity contribution in [1.82, 2.24) is 5.32 Å². The predicted octanol–water partition coefficient (Wildman–Crippen LogP) is 2.91. The number of ether oxygens (including phenoxy) is 1. The molecule has 0 fully saturated rings. The molecule has 0 aromatic carbocycles. The lowest BCUT2D eigenvalue weighted by Crippen LogP contribution is -2.35. The van der Waals surface area contributed by atoms with Crippen molar-refractivity contribution in [2.45, 2.75) is 45.7 Å². The fraction of sp³-hybridized carbons (Fsp3) is 0.615. The van der Waals surface area contributed by atoms with Gasteiger partial charge in [0.15, 0.2) is 0 Å². The van der Waals surface area contributed by atoms with Gasteiger partial charge in [-0.05, 0) is 31.9 Å². The summed E-state index contributed by atoms with van der Waals surface area (Å²) in [4.78, 5) is 14.1. The first-order valence-electron chi connectivity index (χ1n) is 6.04. The van der Waals surface area contributed by atoms with Crippen LogP contribution in [0.15, 0.2) is 12.1 Å². The number of methoxy groups -OCH3 is 1. The van der Waals surface area contributed by atoms with Crippen molar-refractivity contribution in [2.24, 2.45) is 0 Å². The molecule has 0 bridgehead atoms. The van der Waals surface area contributed by atoms with Crippen LogP contribution in [-0.2, 0) is 16.0 Å². The summed E-state index contributed by atoms with van der Waals surface area (Å²) in [5.74, 6) is -0.213. The van der Waals surface area contributed by atoms with Crippen molar-refractivity contribution >= 4 is 17.3 Å². The van der Waals surface area contributed by atoms with Crippen LogP contribution in [0.25, 0.3) is 0 Å². The van der Waals surface area contributed by atoms with E-state index < -0.39 is 0 Å². The number of rotatable bonds is 6. The molecule has 0 radical (unpaired) electrons. The third kappa shape index (κ3) is 3.82. The maximum atomic E-state index is 11.8. The normalized spacial score (nSPS) is 14.4. The van der Waals surface area contributed by atoms with Crippen molar-refractivity contribution in [2.75, 3.05) is 7.11 Å². The number of aryl methyl sites for hydroxylation is 1. The molecular weight excluding hydrogens is 234 g/mol. The molecule has 0 aliphatic carbocycles. The fourth-order valence-electron chi connectivity index (χ4n) is 1.53. The minimum atomic E-state index is -0.333. The zero-order valence-electron chi connectivity index (χ0n) is 10.9. The monoisotopic (exact) mass is 255 g/mol. The third-order valence-corrected chi connectivity index (χ3v) is 4.11. The first kappa shape index (κ1) is 14.2. The summed E-state index contributed by atoms with van der Waals surface area (Å²) in [6, 6.07) is 4.06. The molecule has 0 aliphatic rings. The molecule has 2 atom stereocenters. The van der Waals surface area contributed by atoms with Crippen LogP contribution in [0.1, 0.15) is 43.0 Å². The Kier molecular flexibility index (Phi) is 5.65. The van der Waals surface area contributed by atoms with Gasteiger partial charge in [-0.25, -0.2) is 4.79 Å². The summed E-state index contributed by atoms with van der Waals surface area (Å²) in [5.41, 5.74) is 0. The van der Waals surface area contributed by atoms with Gasteiger partial charge in [0, 0.05) is 15.8 Å². The van der Waals surface area contributed by atoms with Gasteiger partial charge in [0.2, 0.25) is 0 Å². The largest absolute Gasteiger partial charge is 0.468 e. The van der Waals surface area contributed by atoms with Crippen LogP contribution in [0, 0.1) is 0 Å². The van der Waals surface area contributed by atoms with E-state index in [1.807, 2.05) is 6.07 Å². The zero-order chi connectivity index (χ0) is 12.8. The SMILES string of the molecule is CCc1ccc(C(NC(C)CC)C(=O)OC)s1. The average molecular weight is 255 g/mol. The van der Waals surface area contributed by atoms with Crippen LogP contribution in [0.3, 0.4) is 0 Å². The standard InChI is InChI=1S/C13H21NO2S/c1-5-9(3)14-12(13(15)16-4)11-8-7-10(6-2)17-11/h7-9,12,14H,5-6H2,1-4H3. The molecule has 1 aromatic rings. The lowest BCUT2D eigenvalue weighted by atomic mass is 10.2. The summed E-state index contributed by atoms with van der Waals surface area (Å²) in [7, 11) is 1.43. The number of nitrogens with one attached hydrogen (secondary N) is 1. The molecule has 0 amide bonds. The summed E-state index contributed by atoms with van der Waals surface area (Å²) < 4.78 is 4.86. The first-order valence-corrected chi connectivity index (χ1v) is 6.86. The van der Waals surface area contributed by atoms with E-state index in [0.29, 0.717) is 6.04 Å². The zero-order valence-corrected chi connectivity index (χ0v) is 11.8. The molecule has 96 valence electrons.